The van der Waals surface area contributed by atoms with E-state index in [0.717, 1.165) is 23.2 Å². The molecule has 0 unspecified atom stereocenters. The molecule has 146 valence electrons. The summed E-state index contributed by atoms with van der Waals surface area (Å²) in [5.74, 6) is 0.444. The van der Waals surface area contributed by atoms with Gasteiger partial charge in [-0.3, -0.25) is 4.79 Å². The van der Waals surface area contributed by atoms with Crippen LogP contribution < -0.4 is 10.1 Å². The highest BCUT2D eigenvalue weighted by atomic mass is 35.5. The second kappa shape index (κ2) is 9.03. The lowest BCUT2D eigenvalue weighted by molar-refractivity contribution is -0.115. The molecule has 7 heteroatoms. The molecule has 1 fully saturated rings. The fraction of sp³-hybridized carbons (Fsp3) is 0.238. The number of aliphatic imine (C=N–C) groups is 1. The van der Waals surface area contributed by atoms with E-state index in [9.17, 15) is 4.79 Å². The summed E-state index contributed by atoms with van der Waals surface area (Å²) < 4.78 is 5.78. The van der Waals surface area contributed by atoms with Crippen molar-refractivity contribution in [1.82, 2.24) is 5.32 Å². The van der Waals surface area contributed by atoms with Crippen molar-refractivity contribution >= 4 is 57.8 Å². The number of aryl methyl sites for hydroxylation is 1. The summed E-state index contributed by atoms with van der Waals surface area (Å²) in [6.45, 7) is 5.99. The zero-order valence-corrected chi connectivity index (χ0v) is 18.1. The Balaban J connectivity index is 1.80. The number of ether oxygens (including phenoxy) is 1. The number of nitrogens with zero attached hydrogens (tertiary/aromatic N) is 1. The molecule has 3 rings (SSSR count). The van der Waals surface area contributed by atoms with Crippen molar-refractivity contribution in [3.63, 3.8) is 0 Å². The van der Waals surface area contributed by atoms with Crippen LogP contribution in [0.4, 0.5) is 5.69 Å². The molecule has 4 nitrogen and oxygen atoms in total. The number of thioether (sulfide) groups is 1. The van der Waals surface area contributed by atoms with E-state index in [2.05, 4.69) is 17.2 Å². The van der Waals surface area contributed by atoms with Gasteiger partial charge in [0.15, 0.2) is 5.17 Å². The normalized spacial score (nSPS) is 17.8. The van der Waals surface area contributed by atoms with E-state index < -0.39 is 0 Å². The molecule has 1 aliphatic rings. The van der Waals surface area contributed by atoms with Gasteiger partial charge in [-0.1, -0.05) is 42.3 Å². The smallest absolute Gasteiger partial charge is 0.264 e. The monoisotopic (exact) mass is 434 g/mol. The lowest BCUT2D eigenvalue weighted by Gasteiger charge is -2.14. The van der Waals surface area contributed by atoms with Gasteiger partial charge in [-0.05, 0) is 73.5 Å². The lowest BCUT2D eigenvalue weighted by atomic mass is 10.2. The first-order valence-corrected chi connectivity index (χ1v) is 10.4. The van der Waals surface area contributed by atoms with E-state index >= 15 is 0 Å². The van der Waals surface area contributed by atoms with E-state index in [4.69, 9.17) is 27.9 Å². The molecule has 28 heavy (non-hydrogen) atoms. The molecule has 0 saturated carbocycles. The predicted octanol–water partition coefficient (Wildman–Crippen LogP) is 6.37. The van der Waals surface area contributed by atoms with Crippen LogP contribution in [0.25, 0.3) is 6.08 Å². The fourth-order valence-corrected chi connectivity index (χ4v) is 3.68. The standard InChI is InChI=1S/C21H20Cl2N2O2S/c1-4-13(3)27-18-8-6-14(9-16(18)23)10-19-20(26)25-21(28-19)24-17-11-15(22)7-5-12(17)2/h5-11,13H,4H2,1-3H3,(H,24,25,26)/b19-10-/t13-/m0/s1. The largest absolute Gasteiger partial charge is 0.489 e. The van der Waals surface area contributed by atoms with Crippen LogP contribution in [0.1, 0.15) is 31.4 Å². The Labute approximate surface area is 179 Å². The Kier molecular flexibility index (Phi) is 6.70. The van der Waals surface area contributed by atoms with Crippen molar-refractivity contribution < 1.29 is 9.53 Å². The molecular weight excluding hydrogens is 415 g/mol. The average Bonchev–Trinajstić information content (AvgIpc) is 2.99. The van der Waals surface area contributed by atoms with Gasteiger partial charge in [0.05, 0.1) is 21.7 Å². The quantitative estimate of drug-likeness (QED) is 0.555. The van der Waals surface area contributed by atoms with E-state index in [-0.39, 0.29) is 12.0 Å². The second-order valence-corrected chi connectivity index (χ2v) is 8.31. The molecule has 1 amide bonds. The zero-order chi connectivity index (χ0) is 20.3. The van der Waals surface area contributed by atoms with Gasteiger partial charge in [-0.15, -0.1) is 0 Å². The van der Waals surface area contributed by atoms with Crippen molar-refractivity contribution in [1.29, 1.82) is 0 Å². The third kappa shape index (κ3) is 5.10. The summed E-state index contributed by atoms with van der Waals surface area (Å²) in [5, 5.41) is 4.42. The molecule has 1 N–H and O–H groups in total. The summed E-state index contributed by atoms with van der Waals surface area (Å²) in [4.78, 5) is 17.4. The Morgan fingerprint density at radius 1 is 1.25 bits per heavy atom. The Morgan fingerprint density at radius 3 is 2.75 bits per heavy atom. The molecule has 0 aliphatic carbocycles. The molecular formula is C21H20Cl2N2O2S. The third-order valence-corrected chi connectivity index (χ3v) is 5.64. The van der Waals surface area contributed by atoms with Gasteiger partial charge in [0, 0.05) is 5.02 Å². The maximum atomic E-state index is 12.3. The minimum atomic E-state index is -0.195. The van der Waals surface area contributed by atoms with Crippen molar-refractivity contribution in [3.8, 4) is 5.75 Å². The number of amidine groups is 1. The first-order valence-electron chi connectivity index (χ1n) is 8.87. The average molecular weight is 435 g/mol. The number of nitrogens with one attached hydrogen (secondary N) is 1. The number of hydrogen-bond donors (Lipinski definition) is 1. The zero-order valence-electron chi connectivity index (χ0n) is 15.8. The molecule has 2 aromatic rings. The van der Waals surface area contributed by atoms with E-state index in [1.807, 2.05) is 38.1 Å². The van der Waals surface area contributed by atoms with Crippen LogP contribution in [0.2, 0.25) is 10.0 Å². The summed E-state index contributed by atoms with van der Waals surface area (Å²) >= 11 is 13.6. The summed E-state index contributed by atoms with van der Waals surface area (Å²) in [7, 11) is 0. The fourth-order valence-electron chi connectivity index (χ4n) is 2.45. The summed E-state index contributed by atoms with van der Waals surface area (Å²) in [5.41, 5.74) is 2.53. The molecule has 0 spiro atoms. The Bertz CT molecular complexity index is 973. The Hall–Kier alpha value is -1.95. The highest BCUT2D eigenvalue weighted by Gasteiger charge is 2.24. The van der Waals surface area contributed by atoms with Crippen LogP contribution in [0.3, 0.4) is 0 Å². The van der Waals surface area contributed by atoms with Crippen LogP contribution >= 0.6 is 35.0 Å². The van der Waals surface area contributed by atoms with E-state index in [1.54, 1.807) is 18.2 Å². The van der Waals surface area contributed by atoms with Crippen LogP contribution in [0.15, 0.2) is 46.3 Å². The van der Waals surface area contributed by atoms with Crippen molar-refractivity contribution in [3.05, 3.63) is 62.5 Å². The van der Waals surface area contributed by atoms with Gasteiger partial charge >= 0.3 is 0 Å². The SMILES string of the molecule is CC[C@H](C)Oc1ccc(/C=C2\SC(=Nc3cc(Cl)ccc3C)NC2=O)cc1Cl. The highest BCUT2D eigenvalue weighted by molar-refractivity contribution is 8.18. The first-order chi connectivity index (χ1) is 13.4. The van der Waals surface area contributed by atoms with E-state index in [1.165, 1.54) is 11.8 Å². The summed E-state index contributed by atoms with van der Waals surface area (Å²) in [6.07, 6.45) is 2.77. The lowest BCUT2D eigenvalue weighted by Crippen LogP contribution is -2.19. The van der Waals surface area contributed by atoms with Gasteiger partial charge in [-0.2, -0.15) is 0 Å². The maximum Gasteiger partial charge on any atom is 0.264 e. The minimum Gasteiger partial charge on any atom is -0.489 e. The van der Waals surface area contributed by atoms with Crippen LogP contribution in [0, 0.1) is 6.92 Å². The predicted molar refractivity (Wildman–Crippen MR) is 119 cm³/mol. The van der Waals surface area contributed by atoms with Crippen molar-refractivity contribution in [2.75, 3.05) is 0 Å². The molecule has 0 aromatic heterocycles. The van der Waals surface area contributed by atoms with Gasteiger partial charge in [0.2, 0.25) is 0 Å². The number of hydrogen-bond acceptors (Lipinski definition) is 4. The molecule has 0 bridgehead atoms. The molecule has 1 saturated heterocycles. The third-order valence-electron chi connectivity index (χ3n) is 4.20. The maximum absolute atomic E-state index is 12.3. The number of amides is 1. The minimum absolute atomic E-state index is 0.0894. The van der Waals surface area contributed by atoms with Crippen LogP contribution in [-0.2, 0) is 4.79 Å². The second-order valence-electron chi connectivity index (χ2n) is 6.44. The highest BCUT2D eigenvalue weighted by Crippen LogP contribution is 2.32. The molecule has 0 radical (unpaired) electrons. The Morgan fingerprint density at radius 2 is 2.04 bits per heavy atom. The van der Waals surface area contributed by atoms with Crippen LogP contribution in [-0.4, -0.2) is 17.2 Å². The number of rotatable bonds is 5. The number of halogens is 2. The molecule has 2 aromatic carbocycles. The van der Waals surface area contributed by atoms with Gasteiger partial charge in [-0.25, -0.2) is 4.99 Å². The molecule has 1 aliphatic heterocycles. The van der Waals surface area contributed by atoms with Crippen LogP contribution in [0.5, 0.6) is 5.75 Å². The number of benzene rings is 2. The van der Waals surface area contributed by atoms with E-state index in [0.29, 0.717) is 25.9 Å². The number of carbonyl (C=O) groups is 1. The van der Waals surface area contributed by atoms with Gasteiger partial charge in [0.25, 0.3) is 5.91 Å². The number of carbonyl (C=O) groups excluding carboxylic acids is 1. The van der Waals surface area contributed by atoms with Crippen molar-refractivity contribution in [2.45, 2.75) is 33.3 Å². The summed E-state index contributed by atoms with van der Waals surface area (Å²) in [6, 6.07) is 11.0. The van der Waals surface area contributed by atoms with Gasteiger partial charge < -0.3 is 10.1 Å². The van der Waals surface area contributed by atoms with Gasteiger partial charge in [0.1, 0.15) is 5.75 Å². The first kappa shape index (κ1) is 20.8. The van der Waals surface area contributed by atoms with Crippen molar-refractivity contribution in [2.24, 2.45) is 4.99 Å². The molecule has 1 heterocycles. The molecule has 1 atom stereocenters. The topological polar surface area (TPSA) is 50.7 Å².